The maximum atomic E-state index is 12.5. The molecule has 5 aromatic rings. The van der Waals surface area contributed by atoms with Gasteiger partial charge in [-0.25, -0.2) is 4.98 Å². The maximum absolute atomic E-state index is 12.5. The van der Waals surface area contributed by atoms with E-state index < -0.39 is 6.29 Å². The topological polar surface area (TPSA) is 109 Å². The highest BCUT2D eigenvalue weighted by molar-refractivity contribution is 7.99. The lowest BCUT2D eigenvalue weighted by Gasteiger charge is -2.36. The molecule has 0 spiro atoms. The summed E-state index contributed by atoms with van der Waals surface area (Å²) in [6, 6.07) is 33.5. The Morgan fingerprint density at radius 3 is 2.42 bits per heavy atom. The zero-order valence-corrected chi connectivity index (χ0v) is 24.2. The summed E-state index contributed by atoms with van der Waals surface area (Å²) in [5, 5.41) is 20.0. The predicted molar refractivity (Wildman–Crippen MR) is 165 cm³/mol. The second-order valence-electron chi connectivity index (χ2n) is 10.3. The third kappa shape index (κ3) is 7.39. The Morgan fingerprint density at radius 2 is 1.67 bits per heavy atom. The Morgan fingerprint density at radius 1 is 0.884 bits per heavy atom. The number of aliphatic hydroxyl groups is 1. The number of nitrogens with one attached hydrogen (secondary N) is 2. The fraction of sp³-hybridized carbons (Fsp3) is 0.206. The van der Waals surface area contributed by atoms with Crippen molar-refractivity contribution in [3.8, 4) is 11.1 Å². The Hall–Kier alpha value is -4.28. The first-order valence-electron chi connectivity index (χ1n) is 14.2. The molecule has 218 valence electrons. The van der Waals surface area contributed by atoms with Crippen LogP contribution in [0.2, 0.25) is 0 Å². The molecule has 0 radical (unpaired) electrons. The van der Waals surface area contributed by atoms with E-state index in [-0.39, 0.29) is 24.7 Å². The van der Waals surface area contributed by atoms with Crippen molar-refractivity contribution >= 4 is 17.7 Å². The first-order valence-corrected chi connectivity index (χ1v) is 15.1. The van der Waals surface area contributed by atoms with Crippen molar-refractivity contribution < 1.29 is 19.4 Å². The fourth-order valence-electron chi connectivity index (χ4n) is 5.03. The van der Waals surface area contributed by atoms with E-state index in [9.17, 15) is 9.90 Å². The highest BCUT2D eigenvalue weighted by atomic mass is 32.2. The van der Waals surface area contributed by atoms with Crippen LogP contribution in [0.4, 0.5) is 0 Å². The smallest absolute Gasteiger partial charge is 0.251 e. The summed E-state index contributed by atoms with van der Waals surface area (Å²) in [6.07, 6.45) is 1.43. The molecular formula is C34H32N4O4S. The molecule has 1 fully saturated rings. The Kier molecular flexibility index (Phi) is 9.25. The number of amides is 1. The summed E-state index contributed by atoms with van der Waals surface area (Å²) in [5.74, 6) is 0.606. The monoisotopic (exact) mass is 592 g/mol. The van der Waals surface area contributed by atoms with E-state index in [2.05, 4.69) is 44.8 Å². The lowest BCUT2D eigenvalue weighted by atomic mass is 9.99. The third-order valence-electron chi connectivity index (χ3n) is 7.35. The van der Waals surface area contributed by atoms with Crippen LogP contribution >= 0.6 is 11.8 Å². The molecule has 3 N–H and O–H groups in total. The summed E-state index contributed by atoms with van der Waals surface area (Å²) < 4.78 is 12.9. The molecule has 43 heavy (non-hydrogen) atoms. The van der Waals surface area contributed by atoms with E-state index in [1.165, 1.54) is 6.33 Å². The minimum atomic E-state index is -0.537. The van der Waals surface area contributed by atoms with Gasteiger partial charge < -0.3 is 19.9 Å². The van der Waals surface area contributed by atoms with Gasteiger partial charge >= 0.3 is 0 Å². The molecule has 2 heterocycles. The summed E-state index contributed by atoms with van der Waals surface area (Å²) >= 11 is 1.57. The quantitative estimate of drug-likeness (QED) is 0.165. The van der Waals surface area contributed by atoms with Gasteiger partial charge in [0.2, 0.25) is 0 Å². The van der Waals surface area contributed by atoms with Crippen LogP contribution in [0, 0.1) is 0 Å². The van der Waals surface area contributed by atoms with E-state index >= 15 is 0 Å². The fourth-order valence-corrected chi connectivity index (χ4v) is 5.82. The van der Waals surface area contributed by atoms with Crippen LogP contribution in [-0.2, 0) is 22.6 Å². The van der Waals surface area contributed by atoms with Crippen molar-refractivity contribution in [3.63, 3.8) is 0 Å². The number of thioether (sulfide) groups is 1. The average molecular weight is 593 g/mol. The van der Waals surface area contributed by atoms with Crippen molar-refractivity contribution in [2.45, 2.75) is 43.2 Å². The van der Waals surface area contributed by atoms with Gasteiger partial charge in [0.25, 0.3) is 5.91 Å². The second kappa shape index (κ2) is 13.8. The summed E-state index contributed by atoms with van der Waals surface area (Å²) in [4.78, 5) is 16.7. The normalized spacial score (nSPS) is 18.3. The van der Waals surface area contributed by atoms with Gasteiger partial charge in [0.15, 0.2) is 11.4 Å². The van der Waals surface area contributed by atoms with E-state index in [0.717, 1.165) is 38.5 Å². The number of carbonyl (C=O) groups excluding carboxylic acids is 1. The minimum absolute atomic E-state index is 0.00552. The van der Waals surface area contributed by atoms with Gasteiger partial charge in [-0.3, -0.25) is 9.89 Å². The lowest BCUT2D eigenvalue weighted by molar-refractivity contribution is -0.245. The highest BCUT2D eigenvalue weighted by Gasteiger charge is 2.32. The van der Waals surface area contributed by atoms with Gasteiger partial charge in [-0.15, -0.1) is 0 Å². The molecule has 1 aliphatic rings. The SMILES string of the molecule is O=C(NCc1cccc(-c2ccc(C3OC(CSc4ncn[nH]4)CC(c4ccc(CO)cc4)O3)cc2)c1)c1ccccc1. The first-order chi connectivity index (χ1) is 21.1. The summed E-state index contributed by atoms with van der Waals surface area (Å²) in [5.41, 5.74) is 6.63. The molecule has 1 aromatic heterocycles. The number of aromatic amines is 1. The molecule has 3 atom stereocenters. The Bertz CT molecular complexity index is 1610. The van der Waals surface area contributed by atoms with Crippen LogP contribution in [0.5, 0.6) is 0 Å². The van der Waals surface area contributed by atoms with E-state index in [1.807, 2.05) is 66.7 Å². The number of aliphatic hydroxyl groups excluding tert-OH is 1. The summed E-state index contributed by atoms with van der Waals surface area (Å²) in [7, 11) is 0. The van der Waals surface area contributed by atoms with Crippen LogP contribution < -0.4 is 5.32 Å². The van der Waals surface area contributed by atoms with Gasteiger partial charge in [0.1, 0.15) is 6.33 Å². The first kappa shape index (κ1) is 28.8. The van der Waals surface area contributed by atoms with Crippen molar-refractivity contribution in [1.82, 2.24) is 20.5 Å². The van der Waals surface area contributed by atoms with Crippen LogP contribution in [0.25, 0.3) is 11.1 Å². The average Bonchev–Trinajstić information content (AvgIpc) is 3.61. The standard InChI is InChI=1S/C34H32N4O4S/c39-20-23-9-11-26(12-10-23)31-18-30(21-43-34-36-22-37-38-34)41-33(42-31)28-15-13-25(14-16-28)29-8-4-5-24(17-29)19-35-32(40)27-6-2-1-3-7-27/h1-17,22,30-31,33,39H,18-21H2,(H,35,40)(H,36,37,38). The molecule has 1 aliphatic heterocycles. The van der Waals surface area contributed by atoms with Crippen LogP contribution in [-0.4, -0.2) is 38.1 Å². The van der Waals surface area contributed by atoms with E-state index in [0.29, 0.717) is 24.3 Å². The molecule has 3 unspecified atom stereocenters. The molecule has 6 rings (SSSR count). The molecule has 0 bridgehead atoms. The van der Waals surface area contributed by atoms with Crippen molar-refractivity contribution in [2.75, 3.05) is 5.75 Å². The Labute approximate surface area is 254 Å². The third-order valence-corrected chi connectivity index (χ3v) is 8.35. The number of H-pyrrole nitrogens is 1. The number of carbonyl (C=O) groups is 1. The minimum Gasteiger partial charge on any atom is -0.392 e. The number of aromatic nitrogens is 3. The van der Waals surface area contributed by atoms with Crippen LogP contribution in [0.3, 0.4) is 0 Å². The molecule has 1 saturated heterocycles. The Balaban J connectivity index is 1.15. The molecule has 0 saturated carbocycles. The van der Waals surface area contributed by atoms with Crippen LogP contribution in [0.15, 0.2) is 115 Å². The van der Waals surface area contributed by atoms with Crippen molar-refractivity contribution in [3.05, 3.63) is 137 Å². The molecule has 1 amide bonds. The number of hydrogen-bond acceptors (Lipinski definition) is 7. The zero-order chi connectivity index (χ0) is 29.4. The number of nitrogens with zero attached hydrogens (tertiary/aromatic N) is 2. The largest absolute Gasteiger partial charge is 0.392 e. The number of ether oxygens (including phenoxy) is 2. The van der Waals surface area contributed by atoms with Crippen molar-refractivity contribution in [2.24, 2.45) is 0 Å². The second-order valence-corrected chi connectivity index (χ2v) is 11.3. The molecule has 4 aromatic carbocycles. The zero-order valence-electron chi connectivity index (χ0n) is 23.4. The van der Waals surface area contributed by atoms with Gasteiger partial charge in [-0.2, -0.15) is 5.10 Å². The van der Waals surface area contributed by atoms with Gasteiger partial charge in [-0.05, 0) is 46.0 Å². The number of benzene rings is 4. The predicted octanol–water partition coefficient (Wildman–Crippen LogP) is 6.23. The molecule has 0 aliphatic carbocycles. The molecule has 9 heteroatoms. The number of rotatable bonds is 10. The lowest BCUT2D eigenvalue weighted by Crippen LogP contribution is -2.31. The highest BCUT2D eigenvalue weighted by Crippen LogP contribution is 2.39. The van der Waals surface area contributed by atoms with Gasteiger partial charge in [-0.1, -0.05) is 96.7 Å². The maximum Gasteiger partial charge on any atom is 0.251 e. The van der Waals surface area contributed by atoms with Gasteiger partial charge in [0, 0.05) is 29.8 Å². The molecular weight excluding hydrogens is 560 g/mol. The van der Waals surface area contributed by atoms with E-state index in [1.54, 1.807) is 23.9 Å². The summed E-state index contributed by atoms with van der Waals surface area (Å²) in [6.45, 7) is 0.448. The van der Waals surface area contributed by atoms with Crippen molar-refractivity contribution in [1.29, 1.82) is 0 Å². The van der Waals surface area contributed by atoms with E-state index in [4.69, 9.17) is 9.47 Å². The van der Waals surface area contributed by atoms with Crippen LogP contribution in [0.1, 0.15) is 51.4 Å². The molecule has 8 nitrogen and oxygen atoms in total. The number of hydrogen-bond donors (Lipinski definition) is 3. The van der Waals surface area contributed by atoms with Gasteiger partial charge in [0.05, 0.1) is 18.8 Å².